The number of carbonyl (C=O) groups excluding carboxylic acids is 1. The van der Waals surface area contributed by atoms with Gasteiger partial charge in [0.05, 0.1) is 22.2 Å². The van der Waals surface area contributed by atoms with Crippen LogP contribution in [0.5, 0.6) is 11.5 Å². The number of anilines is 2. The van der Waals surface area contributed by atoms with E-state index in [9.17, 15) is 18.0 Å². The van der Waals surface area contributed by atoms with Gasteiger partial charge in [-0.15, -0.1) is 0 Å². The van der Waals surface area contributed by atoms with Crippen LogP contribution in [-0.4, -0.2) is 6.03 Å². The van der Waals surface area contributed by atoms with Gasteiger partial charge in [-0.1, -0.05) is 35.3 Å². The van der Waals surface area contributed by atoms with Crippen molar-refractivity contribution in [1.29, 1.82) is 0 Å². The highest BCUT2D eigenvalue weighted by atomic mass is 35.5. The number of amides is 2. The molecular weight excluding hydrogens is 454 g/mol. The van der Waals surface area contributed by atoms with E-state index >= 15 is 0 Å². The van der Waals surface area contributed by atoms with Gasteiger partial charge in [-0.3, -0.25) is 0 Å². The lowest BCUT2D eigenvalue weighted by Crippen LogP contribution is -2.20. The molecule has 2 N–H and O–H groups in total. The number of ether oxygens (including phenoxy) is 1. The zero-order valence-corrected chi connectivity index (χ0v) is 16.9. The van der Waals surface area contributed by atoms with Crippen LogP contribution in [-0.2, 0) is 6.18 Å². The minimum Gasteiger partial charge on any atom is -0.456 e. The first-order valence-electron chi connectivity index (χ1n) is 8.55. The summed E-state index contributed by atoms with van der Waals surface area (Å²) in [5, 5.41) is 4.61. The third kappa shape index (κ3) is 5.81. The third-order valence-corrected chi connectivity index (χ3v) is 4.55. The normalized spacial score (nSPS) is 10.8. The Morgan fingerprint density at radius 1 is 0.903 bits per heavy atom. The van der Waals surface area contributed by atoms with Crippen molar-refractivity contribution in [3.8, 4) is 11.5 Å². The van der Waals surface area contributed by atoms with Crippen molar-refractivity contribution in [1.82, 2.24) is 0 Å². The molecule has 0 atom stereocenters. The number of benzene rings is 3. The highest BCUT2D eigenvalue weighted by molar-refractivity contribution is 6.32. The highest BCUT2D eigenvalue weighted by Gasteiger charge is 2.33. The van der Waals surface area contributed by atoms with Crippen LogP contribution in [0.25, 0.3) is 4.85 Å². The van der Waals surface area contributed by atoms with Crippen LogP contribution >= 0.6 is 23.2 Å². The smallest absolute Gasteiger partial charge is 0.417 e. The summed E-state index contributed by atoms with van der Waals surface area (Å²) in [5.41, 5.74) is -0.404. The number of alkyl halides is 3. The van der Waals surface area contributed by atoms with E-state index < -0.39 is 22.8 Å². The molecule has 5 nitrogen and oxygen atoms in total. The Hall–Kier alpha value is -3.41. The van der Waals surface area contributed by atoms with E-state index in [1.165, 1.54) is 24.3 Å². The molecule has 10 heteroatoms. The molecule has 0 unspecified atom stereocenters. The number of carbonyl (C=O) groups is 1. The van der Waals surface area contributed by atoms with Gasteiger partial charge in [0.15, 0.2) is 5.69 Å². The molecule has 0 saturated carbocycles. The van der Waals surface area contributed by atoms with Crippen molar-refractivity contribution in [2.24, 2.45) is 0 Å². The zero-order chi connectivity index (χ0) is 22.6. The average Bonchev–Trinajstić information content (AvgIpc) is 2.71. The molecule has 0 aliphatic carbocycles. The molecule has 158 valence electrons. The molecule has 3 aromatic carbocycles. The van der Waals surface area contributed by atoms with Crippen molar-refractivity contribution in [2.45, 2.75) is 6.18 Å². The molecule has 31 heavy (non-hydrogen) atoms. The Morgan fingerprint density at radius 2 is 1.48 bits per heavy atom. The molecule has 0 radical (unpaired) electrons. The molecule has 0 bridgehead atoms. The van der Waals surface area contributed by atoms with E-state index in [4.69, 9.17) is 34.5 Å². The van der Waals surface area contributed by atoms with Crippen LogP contribution in [0.4, 0.5) is 35.0 Å². The Morgan fingerprint density at radius 3 is 2.06 bits per heavy atom. The fraction of sp³-hybridized carbons (Fsp3) is 0.0476. The number of hydrogen-bond acceptors (Lipinski definition) is 2. The standard InChI is InChI=1S/C21H12Cl2F3N3O2/c1-27-12-2-6-15(7-3-12)31-19-11-14(5-9-18(19)23)29-20(30)28-13-4-8-17(22)16(10-13)21(24,25)26/h2-11H,(H2,28,29,30). The second-order valence-electron chi connectivity index (χ2n) is 6.12. The maximum Gasteiger partial charge on any atom is 0.417 e. The van der Waals surface area contributed by atoms with Crippen LogP contribution in [0.15, 0.2) is 60.7 Å². The van der Waals surface area contributed by atoms with Crippen LogP contribution in [0.3, 0.4) is 0 Å². The van der Waals surface area contributed by atoms with Gasteiger partial charge in [-0.05, 0) is 42.5 Å². The Balaban J connectivity index is 1.72. The van der Waals surface area contributed by atoms with Gasteiger partial charge in [0.25, 0.3) is 0 Å². The van der Waals surface area contributed by atoms with E-state index in [2.05, 4.69) is 15.5 Å². The second kappa shape index (κ2) is 9.16. The lowest BCUT2D eigenvalue weighted by Gasteiger charge is -2.13. The largest absolute Gasteiger partial charge is 0.456 e. The molecule has 0 heterocycles. The molecule has 2 amide bonds. The van der Waals surface area contributed by atoms with E-state index in [0.717, 1.165) is 12.1 Å². The Bertz CT molecular complexity index is 1160. The average molecular weight is 466 g/mol. The van der Waals surface area contributed by atoms with Gasteiger partial charge >= 0.3 is 12.2 Å². The molecular formula is C21H12Cl2F3N3O2. The minimum absolute atomic E-state index is 0.0837. The van der Waals surface area contributed by atoms with Gasteiger partial charge in [0.2, 0.25) is 0 Å². The van der Waals surface area contributed by atoms with E-state index in [1.54, 1.807) is 24.3 Å². The van der Waals surface area contributed by atoms with Crippen molar-refractivity contribution in [2.75, 3.05) is 10.6 Å². The SMILES string of the molecule is [C-]#[N+]c1ccc(Oc2cc(NC(=O)Nc3ccc(Cl)c(C(F)(F)F)c3)ccc2Cl)cc1. The molecule has 0 aromatic heterocycles. The lowest BCUT2D eigenvalue weighted by atomic mass is 10.2. The molecule has 0 spiro atoms. The highest BCUT2D eigenvalue weighted by Crippen LogP contribution is 2.36. The topological polar surface area (TPSA) is 54.7 Å². The summed E-state index contributed by atoms with van der Waals surface area (Å²) in [6, 6.07) is 13.0. The van der Waals surface area contributed by atoms with Crippen molar-refractivity contribution in [3.63, 3.8) is 0 Å². The number of urea groups is 1. The van der Waals surface area contributed by atoms with Crippen molar-refractivity contribution in [3.05, 3.63) is 87.7 Å². The van der Waals surface area contributed by atoms with Crippen LogP contribution in [0.1, 0.15) is 5.56 Å². The van der Waals surface area contributed by atoms with Crippen LogP contribution in [0, 0.1) is 6.57 Å². The van der Waals surface area contributed by atoms with Crippen molar-refractivity contribution < 1.29 is 22.7 Å². The number of nitrogens with zero attached hydrogens (tertiary/aromatic N) is 1. The maximum absolute atomic E-state index is 13.0. The van der Waals surface area contributed by atoms with Gasteiger partial charge < -0.3 is 15.4 Å². The number of hydrogen-bond donors (Lipinski definition) is 2. The summed E-state index contributed by atoms with van der Waals surface area (Å²) < 4.78 is 44.6. The van der Waals surface area contributed by atoms with Gasteiger partial charge in [-0.2, -0.15) is 13.2 Å². The van der Waals surface area contributed by atoms with Crippen LogP contribution < -0.4 is 15.4 Å². The van der Waals surface area contributed by atoms with Gasteiger partial charge in [0, 0.05) is 17.4 Å². The quantitative estimate of drug-likeness (QED) is 0.383. The first-order valence-corrected chi connectivity index (χ1v) is 9.31. The summed E-state index contributed by atoms with van der Waals surface area (Å²) >= 11 is 11.7. The van der Waals surface area contributed by atoms with E-state index in [-0.39, 0.29) is 16.5 Å². The Labute approximate surface area is 185 Å². The van der Waals surface area contributed by atoms with Crippen LogP contribution in [0.2, 0.25) is 10.0 Å². The molecule has 0 saturated heterocycles. The molecule has 3 aromatic rings. The third-order valence-electron chi connectivity index (χ3n) is 3.91. The summed E-state index contributed by atoms with van der Waals surface area (Å²) in [6.45, 7) is 6.95. The van der Waals surface area contributed by atoms with Gasteiger partial charge in [0.1, 0.15) is 11.5 Å². The molecule has 0 aliphatic rings. The first-order chi connectivity index (χ1) is 14.7. The zero-order valence-electron chi connectivity index (χ0n) is 15.4. The predicted octanol–water partition coefficient (Wildman–Crippen LogP) is 8.00. The Kier molecular flexibility index (Phi) is 6.59. The maximum atomic E-state index is 13.0. The summed E-state index contributed by atoms with van der Waals surface area (Å²) in [6.07, 6.45) is -4.65. The second-order valence-corrected chi connectivity index (χ2v) is 6.94. The minimum atomic E-state index is -4.65. The first kappa shape index (κ1) is 22.3. The molecule has 0 aliphatic heterocycles. The number of nitrogens with one attached hydrogen (secondary N) is 2. The van der Waals surface area contributed by atoms with E-state index in [1.807, 2.05) is 0 Å². The van der Waals surface area contributed by atoms with Gasteiger partial charge in [-0.25, -0.2) is 9.64 Å². The summed E-state index contributed by atoms with van der Waals surface area (Å²) in [4.78, 5) is 15.5. The summed E-state index contributed by atoms with van der Waals surface area (Å²) in [7, 11) is 0. The fourth-order valence-corrected chi connectivity index (χ4v) is 2.87. The number of rotatable bonds is 4. The fourth-order valence-electron chi connectivity index (χ4n) is 2.49. The number of halogens is 5. The predicted molar refractivity (Wildman–Crippen MR) is 113 cm³/mol. The van der Waals surface area contributed by atoms with E-state index in [0.29, 0.717) is 17.1 Å². The monoisotopic (exact) mass is 465 g/mol. The molecule has 0 fully saturated rings. The molecule has 3 rings (SSSR count). The lowest BCUT2D eigenvalue weighted by molar-refractivity contribution is -0.137. The summed E-state index contributed by atoms with van der Waals surface area (Å²) in [5.74, 6) is 0.664. The van der Waals surface area contributed by atoms with Crippen molar-refractivity contribution >= 4 is 46.3 Å².